The molecular weight excluding hydrogens is 416 g/mol. The van der Waals surface area contributed by atoms with E-state index in [4.69, 9.17) is 4.74 Å². The summed E-state index contributed by atoms with van der Waals surface area (Å²) >= 11 is 0. The first kappa shape index (κ1) is 21.3. The fourth-order valence-corrected chi connectivity index (χ4v) is 5.10. The van der Waals surface area contributed by atoms with Crippen LogP contribution in [0.3, 0.4) is 0 Å². The Bertz CT molecular complexity index is 1260. The molecule has 33 heavy (non-hydrogen) atoms. The molecule has 5 rings (SSSR count). The number of nitrogens with one attached hydrogen (secondary N) is 1. The molecule has 1 aliphatic heterocycles. The smallest absolute Gasteiger partial charge is 0.335 e. The maximum Gasteiger partial charge on any atom is 0.335 e. The van der Waals surface area contributed by atoms with E-state index in [0.717, 1.165) is 48.3 Å². The molecule has 0 aliphatic carbocycles. The number of benzene rings is 2. The molecule has 2 N–H and O–H groups in total. The van der Waals surface area contributed by atoms with Gasteiger partial charge in [0.25, 0.3) is 0 Å². The number of hydrogen-bond donors (Lipinski definition) is 2. The van der Waals surface area contributed by atoms with Crippen molar-refractivity contribution in [2.75, 3.05) is 13.7 Å². The summed E-state index contributed by atoms with van der Waals surface area (Å²) in [6.07, 6.45) is 7.72. The molecule has 7 heteroatoms. The lowest BCUT2D eigenvalue weighted by molar-refractivity contribution is 0.0696. The number of H-pyrrole nitrogens is 1. The molecule has 2 atom stereocenters. The number of carbonyl (C=O) groups is 1. The Morgan fingerprint density at radius 1 is 1.27 bits per heavy atom. The molecule has 2 unspecified atom stereocenters. The topological polar surface area (TPSA) is 83.4 Å². The Hall–Kier alpha value is -3.58. The minimum Gasteiger partial charge on any atom is -0.496 e. The number of hydrogen-bond acceptors (Lipinski definition) is 4. The lowest BCUT2D eigenvalue weighted by Crippen LogP contribution is -2.37. The fraction of sp³-hybridized carbons (Fsp3) is 0.308. The van der Waals surface area contributed by atoms with Crippen LogP contribution in [0.4, 0.5) is 0 Å². The maximum absolute atomic E-state index is 11.4. The number of likely N-dealkylation sites (tertiary alicyclic amines) is 1. The van der Waals surface area contributed by atoms with Crippen molar-refractivity contribution in [3.63, 3.8) is 0 Å². The van der Waals surface area contributed by atoms with Crippen molar-refractivity contribution < 1.29 is 14.6 Å². The van der Waals surface area contributed by atoms with E-state index >= 15 is 0 Å². The van der Waals surface area contributed by atoms with Gasteiger partial charge in [-0.05, 0) is 61.2 Å². The predicted octanol–water partition coefficient (Wildman–Crippen LogP) is 4.96. The summed E-state index contributed by atoms with van der Waals surface area (Å²) in [5.41, 5.74) is 4.89. The SMILES string of the molecule is COc1cc(C)c2[nH]ccc2c1CN1CCC(n2cccn2)CC1c1ccc(C(=O)O)cc1. The molecule has 1 fully saturated rings. The Morgan fingerprint density at radius 2 is 2.09 bits per heavy atom. The van der Waals surface area contributed by atoms with E-state index < -0.39 is 5.97 Å². The van der Waals surface area contributed by atoms with Crippen LogP contribution in [0.2, 0.25) is 0 Å². The van der Waals surface area contributed by atoms with Gasteiger partial charge in [0.05, 0.1) is 18.7 Å². The highest BCUT2D eigenvalue weighted by Gasteiger charge is 2.32. The number of carboxylic acids is 1. The molecular formula is C26H28N4O3. The van der Waals surface area contributed by atoms with Crippen molar-refractivity contribution in [1.29, 1.82) is 0 Å². The van der Waals surface area contributed by atoms with Crippen molar-refractivity contribution in [1.82, 2.24) is 19.7 Å². The minimum absolute atomic E-state index is 0.135. The van der Waals surface area contributed by atoms with Crippen LogP contribution < -0.4 is 4.74 Å². The third-order valence-electron chi connectivity index (χ3n) is 6.82. The van der Waals surface area contributed by atoms with E-state index in [0.29, 0.717) is 11.6 Å². The predicted molar refractivity (Wildman–Crippen MR) is 127 cm³/mol. The zero-order valence-corrected chi connectivity index (χ0v) is 18.9. The monoisotopic (exact) mass is 444 g/mol. The Kier molecular flexibility index (Phi) is 5.64. The molecule has 2 aromatic heterocycles. The van der Waals surface area contributed by atoms with E-state index in [2.05, 4.69) is 34.0 Å². The zero-order chi connectivity index (χ0) is 22.9. The lowest BCUT2D eigenvalue weighted by atomic mass is 9.90. The van der Waals surface area contributed by atoms with Crippen molar-refractivity contribution in [2.45, 2.75) is 38.4 Å². The first-order valence-corrected chi connectivity index (χ1v) is 11.2. The number of methoxy groups -OCH3 is 1. The third kappa shape index (κ3) is 4.00. The second kappa shape index (κ2) is 8.75. The van der Waals surface area contributed by atoms with Gasteiger partial charge < -0.3 is 14.8 Å². The number of rotatable bonds is 6. The van der Waals surface area contributed by atoms with E-state index in [-0.39, 0.29) is 6.04 Å². The van der Waals surface area contributed by atoms with Crippen LogP contribution in [-0.4, -0.2) is 44.4 Å². The molecule has 0 amide bonds. The summed E-state index contributed by atoms with van der Waals surface area (Å²) in [6, 6.07) is 13.9. The van der Waals surface area contributed by atoms with Crippen molar-refractivity contribution >= 4 is 16.9 Å². The second-order valence-electron chi connectivity index (χ2n) is 8.72. The van der Waals surface area contributed by atoms with E-state index in [1.54, 1.807) is 19.2 Å². The van der Waals surface area contributed by atoms with Crippen LogP contribution in [0.25, 0.3) is 10.9 Å². The van der Waals surface area contributed by atoms with Crippen molar-refractivity contribution in [3.8, 4) is 5.75 Å². The first-order chi connectivity index (χ1) is 16.0. The van der Waals surface area contributed by atoms with Crippen LogP contribution in [0.5, 0.6) is 5.75 Å². The number of aromatic carboxylic acids is 1. The number of piperidine rings is 1. The summed E-state index contributed by atoms with van der Waals surface area (Å²) in [4.78, 5) is 17.2. The van der Waals surface area contributed by atoms with Crippen LogP contribution in [0.1, 0.15) is 52.0 Å². The minimum atomic E-state index is -0.907. The van der Waals surface area contributed by atoms with Gasteiger partial charge in [-0.1, -0.05) is 12.1 Å². The molecule has 0 bridgehead atoms. The third-order valence-corrected chi connectivity index (χ3v) is 6.82. The Balaban J connectivity index is 1.51. The van der Waals surface area contributed by atoms with Gasteiger partial charge in [0, 0.05) is 54.2 Å². The van der Waals surface area contributed by atoms with Gasteiger partial charge in [-0.3, -0.25) is 9.58 Å². The number of fused-ring (bicyclic) bond motifs is 1. The number of carboxylic acid groups (broad SMARTS) is 1. The zero-order valence-electron chi connectivity index (χ0n) is 18.9. The molecule has 170 valence electrons. The molecule has 0 saturated carbocycles. The summed E-state index contributed by atoms with van der Waals surface area (Å²) in [5, 5.41) is 15.0. The van der Waals surface area contributed by atoms with E-state index in [9.17, 15) is 9.90 Å². The van der Waals surface area contributed by atoms with Crippen LogP contribution in [0, 0.1) is 6.92 Å². The van der Waals surface area contributed by atoms with E-state index in [1.165, 1.54) is 10.9 Å². The summed E-state index contributed by atoms with van der Waals surface area (Å²) in [7, 11) is 1.73. The number of aromatic amines is 1. The summed E-state index contributed by atoms with van der Waals surface area (Å²) < 4.78 is 7.84. The highest BCUT2D eigenvalue weighted by Crippen LogP contribution is 2.40. The molecule has 3 heterocycles. The van der Waals surface area contributed by atoms with Crippen LogP contribution in [-0.2, 0) is 6.54 Å². The number of aryl methyl sites for hydroxylation is 1. The molecule has 7 nitrogen and oxygen atoms in total. The summed E-state index contributed by atoms with van der Waals surface area (Å²) in [5.74, 6) is -0.00974. The van der Waals surface area contributed by atoms with Gasteiger partial charge in [0.2, 0.25) is 0 Å². The van der Waals surface area contributed by atoms with Gasteiger partial charge in [0.15, 0.2) is 0 Å². The van der Waals surface area contributed by atoms with Crippen molar-refractivity contribution in [2.24, 2.45) is 0 Å². The normalized spacial score (nSPS) is 19.1. The number of nitrogens with zero attached hydrogens (tertiary/aromatic N) is 3. The standard InChI is InChI=1S/C26H28N4O3/c1-17-14-24(33-2)22(21-8-11-27-25(17)21)16-29-13-9-20(30-12-3-10-28-30)15-23(29)18-4-6-19(7-5-18)26(31)32/h3-8,10-12,14,20,23,27H,9,13,15-16H2,1-2H3,(H,31,32). The van der Waals surface area contributed by atoms with Gasteiger partial charge in [-0.25, -0.2) is 4.79 Å². The average molecular weight is 445 g/mol. The summed E-state index contributed by atoms with van der Waals surface area (Å²) in [6.45, 7) is 3.74. The highest BCUT2D eigenvalue weighted by molar-refractivity contribution is 5.88. The Morgan fingerprint density at radius 3 is 2.79 bits per heavy atom. The molecule has 1 aliphatic rings. The van der Waals surface area contributed by atoms with Crippen molar-refractivity contribution in [3.05, 3.63) is 83.3 Å². The first-order valence-electron chi connectivity index (χ1n) is 11.2. The molecule has 4 aromatic rings. The number of aromatic nitrogens is 3. The lowest BCUT2D eigenvalue weighted by Gasteiger charge is -2.40. The fourth-order valence-electron chi connectivity index (χ4n) is 5.10. The van der Waals surface area contributed by atoms with Gasteiger partial charge >= 0.3 is 5.97 Å². The van der Waals surface area contributed by atoms with Crippen LogP contribution >= 0.6 is 0 Å². The molecule has 0 radical (unpaired) electrons. The van der Waals surface area contributed by atoms with Crippen LogP contribution in [0.15, 0.2) is 61.1 Å². The van der Waals surface area contributed by atoms with Gasteiger partial charge in [0.1, 0.15) is 5.75 Å². The largest absolute Gasteiger partial charge is 0.496 e. The number of ether oxygens (including phenoxy) is 1. The highest BCUT2D eigenvalue weighted by atomic mass is 16.5. The Labute approximate surface area is 192 Å². The maximum atomic E-state index is 11.4. The van der Waals surface area contributed by atoms with E-state index in [1.807, 2.05) is 41.5 Å². The quantitative estimate of drug-likeness (QED) is 0.439. The molecule has 2 aromatic carbocycles. The molecule has 0 spiro atoms. The molecule has 1 saturated heterocycles. The second-order valence-corrected chi connectivity index (χ2v) is 8.72. The van der Waals surface area contributed by atoms with Gasteiger partial charge in [-0.15, -0.1) is 0 Å². The van der Waals surface area contributed by atoms with Gasteiger partial charge in [-0.2, -0.15) is 5.10 Å². The average Bonchev–Trinajstić information content (AvgIpc) is 3.54.